The minimum atomic E-state index is -0.196. The molecule has 0 bridgehead atoms. The first-order valence-electron chi connectivity index (χ1n) is 9.81. The van der Waals surface area contributed by atoms with Crippen LogP contribution in [0.1, 0.15) is 24.5 Å². The summed E-state index contributed by atoms with van der Waals surface area (Å²) in [4.78, 5) is 12.0. The van der Waals surface area contributed by atoms with Crippen molar-refractivity contribution in [3.05, 3.63) is 95.1 Å². The summed E-state index contributed by atoms with van der Waals surface area (Å²) in [6.07, 6.45) is 8.50. The average Bonchev–Trinajstić information content (AvgIpc) is 2.76. The van der Waals surface area contributed by atoms with E-state index in [1.54, 1.807) is 11.8 Å². The van der Waals surface area contributed by atoms with Crippen molar-refractivity contribution in [1.82, 2.24) is 10.6 Å². The Hall–Kier alpha value is -2.56. The molecule has 1 aromatic carbocycles. The van der Waals surface area contributed by atoms with Gasteiger partial charge in [0.2, 0.25) is 0 Å². The molecule has 1 aromatic heterocycles. The number of ether oxygens (including phenoxy) is 1. The van der Waals surface area contributed by atoms with Crippen LogP contribution < -0.4 is 15.2 Å². The van der Waals surface area contributed by atoms with Gasteiger partial charge in [0.1, 0.15) is 13.0 Å². The number of aromatic nitrogens is 1. The van der Waals surface area contributed by atoms with Crippen molar-refractivity contribution in [2.24, 2.45) is 0 Å². The lowest BCUT2D eigenvalue weighted by Gasteiger charge is -2.30. The van der Waals surface area contributed by atoms with Gasteiger partial charge >= 0.3 is 5.97 Å². The molecule has 0 amide bonds. The number of rotatable bonds is 6. The highest BCUT2D eigenvalue weighted by atomic mass is 32.2. The Morgan fingerprint density at radius 1 is 1.13 bits per heavy atom. The van der Waals surface area contributed by atoms with Gasteiger partial charge in [-0.25, -0.2) is 4.57 Å². The van der Waals surface area contributed by atoms with Crippen LogP contribution in [0.25, 0.3) is 5.70 Å². The molecule has 2 aliphatic rings. The topological polar surface area (TPSA) is 54.2 Å². The number of thioether (sulfide) groups is 1. The van der Waals surface area contributed by atoms with Crippen LogP contribution in [-0.4, -0.2) is 10.5 Å². The van der Waals surface area contributed by atoms with E-state index in [2.05, 4.69) is 38.3 Å². The van der Waals surface area contributed by atoms with Crippen LogP contribution in [0.2, 0.25) is 0 Å². The first kappa shape index (κ1) is 20.7. The first-order valence-corrected chi connectivity index (χ1v) is 11.3. The van der Waals surface area contributed by atoms with E-state index >= 15 is 0 Å². The highest BCUT2D eigenvalue weighted by Crippen LogP contribution is 2.41. The van der Waals surface area contributed by atoms with Gasteiger partial charge in [-0.15, -0.1) is 21.0 Å². The van der Waals surface area contributed by atoms with E-state index in [4.69, 9.17) is 4.74 Å². The van der Waals surface area contributed by atoms with Gasteiger partial charge in [0, 0.05) is 23.9 Å². The molecule has 0 aliphatic carbocycles. The summed E-state index contributed by atoms with van der Waals surface area (Å²) in [5.74, 6) is -0.196. The molecular formula is C23H25N3O2PS+. The zero-order chi connectivity index (χ0) is 21.0. The normalized spacial score (nSPS) is 20.0. The lowest BCUT2D eigenvalue weighted by molar-refractivity contribution is -0.696. The lowest BCUT2D eigenvalue weighted by Crippen LogP contribution is -2.35. The van der Waals surface area contributed by atoms with Crippen LogP contribution in [0.3, 0.4) is 0 Å². The molecule has 0 radical (unpaired) electrons. The van der Waals surface area contributed by atoms with Crippen molar-refractivity contribution in [3.8, 4) is 0 Å². The number of esters is 1. The van der Waals surface area contributed by atoms with Crippen molar-refractivity contribution >= 4 is 32.7 Å². The van der Waals surface area contributed by atoms with E-state index in [-0.39, 0.29) is 10.5 Å². The van der Waals surface area contributed by atoms with Crippen molar-refractivity contribution in [1.29, 1.82) is 0 Å². The zero-order valence-electron chi connectivity index (χ0n) is 16.8. The van der Waals surface area contributed by atoms with E-state index in [9.17, 15) is 4.79 Å². The number of fused-ring (bicyclic) bond motifs is 1. The molecule has 2 atom stereocenters. The van der Waals surface area contributed by atoms with Gasteiger partial charge in [-0.2, -0.15) is 0 Å². The molecule has 7 heteroatoms. The number of benzene rings is 1. The van der Waals surface area contributed by atoms with Crippen LogP contribution >= 0.6 is 21.0 Å². The summed E-state index contributed by atoms with van der Waals surface area (Å²) in [6.45, 7) is 3.06. The lowest BCUT2D eigenvalue weighted by atomic mass is 10.1. The van der Waals surface area contributed by atoms with Crippen LogP contribution in [0.15, 0.2) is 83.9 Å². The predicted octanol–water partition coefficient (Wildman–Crippen LogP) is 3.66. The Morgan fingerprint density at radius 2 is 1.90 bits per heavy atom. The van der Waals surface area contributed by atoms with Crippen molar-refractivity contribution in [2.45, 2.75) is 31.0 Å². The van der Waals surface area contributed by atoms with E-state index in [1.807, 2.05) is 65.6 Å². The predicted molar refractivity (Wildman–Crippen MR) is 124 cm³/mol. The van der Waals surface area contributed by atoms with E-state index in [1.165, 1.54) is 0 Å². The number of nitrogens with zero attached hydrogens (tertiary/aromatic N) is 1. The standard InChI is InChI=1S/C23H24N3O2PS/c1-23(29)13-19-21(16-30-23)24-14-20(25-19)18-7-10-26(11-8-18)12-9-22(27)28-15-17-5-3-2-4-6-17/h2-8,10-11,13-14,16,25H,9,12,15,29H2,1H3/p+1. The van der Waals surface area contributed by atoms with Crippen LogP contribution in [0.5, 0.6) is 0 Å². The largest absolute Gasteiger partial charge is 0.461 e. The summed E-state index contributed by atoms with van der Waals surface area (Å²) >= 11 is 1.77. The number of carbonyl (C=O) groups excluding carboxylic acids is 1. The van der Waals surface area contributed by atoms with E-state index in [0.29, 0.717) is 19.6 Å². The molecule has 0 spiro atoms. The average molecular weight is 439 g/mol. The molecule has 0 saturated heterocycles. The van der Waals surface area contributed by atoms with Crippen LogP contribution in [-0.2, 0) is 22.7 Å². The molecule has 30 heavy (non-hydrogen) atoms. The fourth-order valence-electron chi connectivity index (χ4n) is 3.17. The minimum Gasteiger partial charge on any atom is -0.461 e. The Morgan fingerprint density at radius 3 is 2.67 bits per heavy atom. The molecule has 2 aromatic rings. The SMILES string of the molecule is CC1(P)C=C2NC(c3cc[n+](CCC(=O)OCc4ccccc4)cc3)=CNC2=CS1. The molecule has 5 nitrogen and oxygen atoms in total. The maximum Gasteiger partial charge on any atom is 0.312 e. The van der Waals surface area contributed by atoms with Crippen molar-refractivity contribution < 1.29 is 14.1 Å². The van der Waals surface area contributed by atoms with Crippen molar-refractivity contribution in [2.75, 3.05) is 0 Å². The maximum absolute atomic E-state index is 12.0. The second-order valence-electron chi connectivity index (χ2n) is 7.44. The van der Waals surface area contributed by atoms with Crippen LogP contribution in [0.4, 0.5) is 0 Å². The highest BCUT2D eigenvalue weighted by Gasteiger charge is 2.25. The molecule has 0 fully saturated rings. The van der Waals surface area contributed by atoms with Gasteiger partial charge in [-0.05, 0) is 24.0 Å². The number of nitrogens with one attached hydrogen (secondary N) is 2. The Kier molecular flexibility index (Phi) is 6.26. The zero-order valence-corrected chi connectivity index (χ0v) is 18.8. The molecule has 2 unspecified atom stereocenters. The monoisotopic (exact) mass is 438 g/mol. The summed E-state index contributed by atoms with van der Waals surface area (Å²) < 4.78 is 7.32. The molecule has 4 rings (SSSR count). The van der Waals surface area contributed by atoms with Crippen molar-refractivity contribution in [3.63, 3.8) is 0 Å². The number of carbonyl (C=O) groups is 1. The number of pyridine rings is 1. The number of aryl methyl sites for hydroxylation is 1. The summed E-state index contributed by atoms with van der Waals surface area (Å²) in [7, 11) is 2.87. The third-order valence-corrected chi connectivity index (χ3v) is 6.37. The van der Waals surface area contributed by atoms with Gasteiger partial charge in [0.05, 0.1) is 21.6 Å². The summed E-state index contributed by atoms with van der Waals surface area (Å²) in [6, 6.07) is 13.8. The number of hydrogen-bond acceptors (Lipinski definition) is 5. The van der Waals surface area contributed by atoms with Gasteiger partial charge in [0.15, 0.2) is 18.9 Å². The van der Waals surface area contributed by atoms with Gasteiger partial charge in [0.25, 0.3) is 0 Å². The quantitative estimate of drug-likeness (QED) is 0.410. The third-order valence-electron chi connectivity index (χ3n) is 4.81. The third kappa shape index (κ3) is 5.32. The van der Waals surface area contributed by atoms with Gasteiger partial charge in [-0.3, -0.25) is 4.79 Å². The minimum absolute atomic E-state index is 0.00913. The second-order valence-corrected chi connectivity index (χ2v) is 10.4. The maximum atomic E-state index is 12.0. The van der Waals surface area contributed by atoms with E-state index < -0.39 is 0 Å². The highest BCUT2D eigenvalue weighted by molar-refractivity contribution is 8.07. The Labute approximate surface area is 183 Å². The summed E-state index contributed by atoms with van der Waals surface area (Å²) in [5.41, 5.74) is 5.26. The first-order chi connectivity index (χ1) is 14.5. The second kappa shape index (κ2) is 9.07. The smallest absolute Gasteiger partial charge is 0.312 e. The van der Waals surface area contributed by atoms with Gasteiger partial charge < -0.3 is 15.4 Å². The van der Waals surface area contributed by atoms with Crippen LogP contribution in [0, 0.1) is 0 Å². The number of hydrogen-bond donors (Lipinski definition) is 2. The van der Waals surface area contributed by atoms with E-state index in [0.717, 1.165) is 28.2 Å². The molecule has 2 N–H and O–H groups in total. The molecule has 2 aliphatic heterocycles. The Balaban J connectivity index is 1.31. The van der Waals surface area contributed by atoms with Gasteiger partial charge in [-0.1, -0.05) is 30.3 Å². The molecule has 0 saturated carbocycles. The molecular weight excluding hydrogens is 413 g/mol. The fraction of sp³-hybridized carbons (Fsp3) is 0.217. The molecule has 154 valence electrons. The molecule has 3 heterocycles. The Bertz CT molecular complexity index is 1010. The summed E-state index contributed by atoms with van der Waals surface area (Å²) in [5, 5.41) is 9.01. The fourth-order valence-corrected chi connectivity index (χ4v) is 4.29.